The van der Waals surface area contributed by atoms with Crippen LogP contribution in [0.5, 0.6) is 0 Å². The smallest absolute Gasteiger partial charge is 0.304 e. The molecule has 0 aromatic carbocycles. The van der Waals surface area contributed by atoms with Crippen molar-refractivity contribution in [1.82, 2.24) is 0 Å². The molecule has 0 radical (unpaired) electrons. The molecule has 0 aromatic heterocycles. The van der Waals surface area contributed by atoms with Crippen LogP contribution in [-0.2, 0) is 36.2 Å². The first-order chi connectivity index (χ1) is 7.19. The number of rotatable bonds is 7. The number of carbonyl (C=O) groups excluding carboxylic acids is 1. The third-order valence-corrected chi connectivity index (χ3v) is 2.22. The summed E-state index contributed by atoms with van der Waals surface area (Å²) in [6.07, 6.45) is -2.41. The molecule has 0 aromatic rings. The van der Waals surface area contributed by atoms with E-state index in [1.807, 2.05) is 0 Å². The summed E-state index contributed by atoms with van der Waals surface area (Å²) in [5, 5.41) is 25.8. The minimum Gasteiger partial charge on any atom is -0.481 e. The Bertz CT molecular complexity index is 295. The van der Waals surface area contributed by atoms with Crippen molar-refractivity contribution >= 4 is 23.7 Å². The number of Topliss-reactive ketones (excluding diaryl/α,β-unsaturated/α-hetero) is 1. The van der Waals surface area contributed by atoms with Crippen molar-refractivity contribution < 1.29 is 51.6 Å². The SMILES string of the molecule is CC(=O)C(CC(=O)O)(CC(=O)O)CC(=O)O.[Fe]. The zero-order valence-corrected chi connectivity index (χ0v) is 10.1. The first-order valence-electron chi connectivity index (χ1n) is 4.36. The minimum absolute atomic E-state index is 0. The normalized spacial score (nSPS) is 10.2. The maximum absolute atomic E-state index is 11.3. The van der Waals surface area contributed by atoms with E-state index in [2.05, 4.69) is 0 Å². The van der Waals surface area contributed by atoms with Crippen LogP contribution in [-0.4, -0.2) is 39.0 Å². The third kappa shape index (κ3) is 6.03. The monoisotopic (exact) mass is 288 g/mol. The van der Waals surface area contributed by atoms with E-state index < -0.39 is 48.4 Å². The Labute approximate surface area is 107 Å². The molecule has 0 saturated heterocycles. The molecule has 0 spiro atoms. The Balaban J connectivity index is 0. The molecule has 7 nitrogen and oxygen atoms in total. The molecule has 0 unspecified atom stereocenters. The molecule has 17 heavy (non-hydrogen) atoms. The zero-order valence-electron chi connectivity index (χ0n) is 8.95. The molecule has 0 heterocycles. The second-order valence-electron chi connectivity index (χ2n) is 3.55. The summed E-state index contributed by atoms with van der Waals surface area (Å²) in [7, 11) is 0. The molecule has 0 aliphatic rings. The fourth-order valence-electron chi connectivity index (χ4n) is 1.43. The summed E-state index contributed by atoms with van der Waals surface area (Å²) in [5.41, 5.74) is -1.87. The van der Waals surface area contributed by atoms with Crippen LogP contribution in [0.15, 0.2) is 0 Å². The van der Waals surface area contributed by atoms with E-state index in [-0.39, 0.29) is 17.1 Å². The van der Waals surface area contributed by atoms with Gasteiger partial charge in [0, 0.05) is 17.1 Å². The van der Waals surface area contributed by atoms with Gasteiger partial charge >= 0.3 is 17.9 Å². The van der Waals surface area contributed by atoms with E-state index in [0.29, 0.717) is 0 Å². The molecule has 0 amide bonds. The van der Waals surface area contributed by atoms with E-state index in [4.69, 9.17) is 15.3 Å². The maximum Gasteiger partial charge on any atom is 0.304 e. The third-order valence-electron chi connectivity index (χ3n) is 2.22. The van der Waals surface area contributed by atoms with Gasteiger partial charge in [0.15, 0.2) is 0 Å². The van der Waals surface area contributed by atoms with E-state index in [1.54, 1.807) is 0 Å². The number of carboxylic acids is 3. The van der Waals surface area contributed by atoms with Crippen LogP contribution in [0.3, 0.4) is 0 Å². The Morgan fingerprint density at radius 2 is 1.06 bits per heavy atom. The minimum atomic E-state index is -1.87. The molecule has 0 rings (SSSR count). The van der Waals surface area contributed by atoms with Crippen LogP contribution in [0.4, 0.5) is 0 Å². The van der Waals surface area contributed by atoms with Crippen molar-refractivity contribution in [3.05, 3.63) is 0 Å². The molecular formula is C9H12FeO7. The summed E-state index contributed by atoms with van der Waals surface area (Å²) in [4.78, 5) is 42.9. The predicted octanol–water partition coefficient (Wildman–Crippen LogP) is -0.0166. The fraction of sp³-hybridized carbons (Fsp3) is 0.556. The van der Waals surface area contributed by atoms with Gasteiger partial charge in [-0.1, -0.05) is 0 Å². The van der Waals surface area contributed by atoms with Gasteiger partial charge in [-0.05, 0) is 6.92 Å². The number of hydrogen-bond acceptors (Lipinski definition) is 4. The predicted molar refractivity (Wildman–Crippen MR) is 49.9 cm³/mol. The molecule has 0 fully saturated rings. The largest absolute Gasteiger partial charge is 0.481 e. The molecule has 8 heteroatoms. The molecule has 0 atom stereocenters. The van der Waals surface area contributed by atoms with E-state index in [1.165, 1.54) is 0 Å². The van der Waals surface area contributed by atoms with Crippen molar-refractivity contribution in [3.8, 4) is 0 Å². The number of aliphatic carboxylic acids is 3. The van der Waals surface area contributed by atoms with Crippen molar-refractivity contribution in [3.63, 3.8) is 0 Å². The number of carboxylic acid groups (broad SMARTS) is 3. The van der Waals surface area contributed by atoms with Crippen LogP contribution in [0.25, 0.3) is 0 Å². The van der Waals surface area contributed by atoms with Gasteiger partial charge in [0.1, 0.15) is 5.78 Å². The topological polar surface area (TPSA) is 129 Å². The van der Waals surface area contributed by atoms with Gasteiger partial charge < -0.3 is 15.3 Å². The summed E-state index contributed by atoms with van der Waals surface area (Å²) in [6, 6.07) is 0. The molecule has 98 valence electrons. The molecule has 0 aliphatic carbocycles. The summed E-state index contributed by atoms with van der Waals surface area (Å²) >= 11 is 0. The maximum atomic E-state index is 11.3. The standard InChI is InChI=1S/C9H12O7.Fe/c1-5(10)9(2-6(11)12,3-7(13)14)4-8(15)16;/h2-4H2,1H3,(H,11,12)(H,13,14)(H,15,16);. The van der Waals surface area contributed by atoms with Crippen molar-refractivity contribution in [2.45, 2.75) is 26.2 Å². The Hall–Kier alpha value is -1.40. The van der Waals surface area contributed by atoms with Crippen LogP contribution in [0.2, 0.25) is 0 Å². The van der Waals surface area contributed by atoms with Gasteiger partial charge in [0.25, 0.3) is 0 Å². The van der Waals surface area contributed by atoms with E-state index in [9.17, 15) is 19.2 Å². The summed E-state index contributed by atoms with van der Waals surface area (Å²) in [5.74, 6) is -4.96. The second kappa shape index (κ2) is 7.03. The van der Waals surface area contributed by atoms with Gasteiger partial charge in [0.2, 0.25) is 0 Å². The average Bonchev–Trinajstić information content (AvgIpc) is 1.98. The first kappa shape index (κ1) is 18.0. The van der Waals surface area contributed by atoms with Gasteiger partial charge in [-0.2, -0.15) is 0 Å². The summed E-state index contributed by atoms with van der Waals surface area (Å²) < 4.78 is 0. The van der Waals surface area contributed by atoms with Crippen LogP contribution in [0.1, 0.15) is 26.2 Å². The van der Waals surface area contributed by atoms with Crippen molar-refractivity contribution in [2.24, 2.45) is 5.41 Å². The summed E-state index contributed by atoms with van der Waals surface area (Å²) in [6.45, 7) is 0.995. The quantitative estimate of drug-likeness (QED) is 0.561. The van der Waals surface area contributed by atoms with Crippen molar-refractivity contribution in [2.75, 3.05) is 0 Å². The fourth-order valence-corrected chi connectivity index (χ4v) is 1.43. The zero-order chi connectivity index (χ0) is 12.9. The van der Waals surface area contributed by atoms with Gasteiger partial charge in [0.05, 0.1) is 24.7 Å². The molecule has 0 saturated carbocycles. The Morgan fingerprint density at radius 1 is 0.824 bits per heavy atom. The van der Waals surface area contributed by atoms with Crippen LogP contribution >= 0.6 is 0 Å². The molecule has 0 bridgehead atoms. The van der Waals surface area contributed by atoms with Gasteiger partial charge in [-0.15, -0.1) is 0 Å². The van der Waals surface area contributed by atoms with Crippen LogP contribution < -0.4 is 0 Å². The van der Waals surface area contributed by atoms with E-state index in [0.717, 1.165) is 6.92 Å². The second-order valence-corrected chi connectivity index (χ2v) is 3.55. The van der Waals surface area contributed by atoms with Crippen LogP contribution in [0, 0.1) is 5.41 Å². The van der Waals surface area contributed by atoms with E-state index >= 15 is 0 Å². The molecule has 0 aliphatic heterocycles. The Morgan fingerprint density at radius 3 is 1.18 bits per heavy atom. The number of ketones is 1. The number of hydrogen-bond donors (Lipinski definition) is 3. The first-order valence-corrected chi connectivity index (χ1v) is 4.36. The van der Waals surface area contributed by atoms with Gasteiger partial charge in [-0.25, -0.2) is 0 Å². The molecular weight excluding hydrogens is 276 g/mol. The number of carbonyl (C=O) groups is 4. The van der Waals surface area contributed by atoms with Crippen molar-refractivity contribution in [1.29, 1.82) is 0 Å². The average molecular weight is 288 g/mol. The van der Waals surface area contributed by atoms with Gasteiger partial charge in [-0.3, -0.25) is 19.2 Å². The Kier molecular flexibility index (Phi) is 7.43. The molecule has 3 N–H and O–H groups in total.